The molecule has 122 valence electrons. The van der Waals surface area contributed by atoms with Crippen molar-refractivity contribution >= 4 is 11.6 Å². The lowest BCUT2D eigenvalue weighted by Gasteiger charge is -2.33. The van der Waals surface area contributed by atoms with Gasteiger partial charge in [-0.1, -0.05) is 6.07 Å². The molecule has 1 fully saturated rings. The van der Waals surface area contributed by atoms with Gasteiger partial charge in [-0.25, -0.2) is 0 Å². The fourth-order valence-corrected chi connectivity index (χ4v) is 2.51. The summed E-state index contributed by atoms with van der Waals surface area (Å²) in [5.74, 6) is -0.389. The van der Waals surface area contributed by atoms with E-state index in [2.05, 4.69) is 10.2 Å². The van der Waals surface area contributed by atoms with E-state index in [1.54, 1.807) is 0 Å². The topological polar surface area (TPSA) is 35.6 Å². The van der Waals surface area contributed by atoms with Crippen molar-refractivity contribution in [3.63, 3.8) is 0 Å². The van der Waals surface area contributed by atoms with Crippen LogP contribution in [0.4, 0.5) is 18.9 Å². The van der Waals surface area contributed by atoms with Gasteiger partial charge in [-0.15, -0.1) is 0 Å². The van der Waals surface area contributed by atoms with Gasteiger partial charge >= 0.3 is 6.18 Å². The Morgan fingerprint density at radius 3 is 2.41 bits per heavy atom. The minimum atomic E-state index is -4.43. The number of carbonyl (C=O) groups is 1. The Labute approximate surface area is 127 Å². The van der Waals surface area contributed by atoms with Crippen LogP contribution in [0.1, 0.15) is 18.1 Å². The molecule has 1 amide bonds. The molecule has 1 N–H and O–H groups in total. The van der Waals surface area contributed by atoms with Crippen molar-refractivity contribution in [3.8, 4) is 0 Å². The molecule has 1 aromatic carbocycles. The number of alkyl halides is 3. The van der Waals surface area contributed by atoms with Crippen molar-refractivity contribution in [2.45, 2.75) is 19.6 Å². The maximum absolute atomic E-state index is 13.2. The molecule has 4 nitrogen and oxygen atoms in total. The van der Waals surface area contributed by atoms with Crippen LogP contribution in [-0.2, 0) is 17.5 Å². The highest BCUT2D eigenvalue weighted by atomic mass is 19.4. The normalized spacial score (nSPS) is 17.5. The predicted molar refractivity (Wildman–Crippen MR) is 78.5 cm³/mol. The zero-order chi connectivity index (χ0) is 16.3. The number of amides is 1. The first-order chi connectivity index (χ1) is 10.3. The molecule has 0 spiro atoms. The number of likely N-dealkylation sites (N-methyl/N-ethyl adjacent to an activating group) is 1. The molecule has 0 bridgehead atoms. The van der Waals surface area contributed by atoms with Crippen LogP contribution in [0, 0.1) is 0 Å². The van der Waals surface area contributed by atoms with Crippen molar-refractivity contribution < 1.29 is 18.0 Å². The molecule has 22 heavy (non-hydrogen) atoms. The van der Waals surface area contributed by atoms with Crippen molar-refractivity contribution in [1.82, 2.24) is 9.80 Å². The predicted octanol–water partition coefficient (Wildman–Crippen LogP) is 2.41. The number of benzene rings is 1. The van der Waals surface area contributed by atoms with E-state index < -0.39 is 11.7 Å². The van der Waals surface area contributed by atoms with Crippen molar-refractivity contribution in [3.05, 3.63) is 29.3 Å². The number of hydrogen-bond donors (Lipinski definition) is 1. The van der Waals surface area contributed by atoms with E-state index in [9.17, 15) is 18.0 Å². The molecule has 2 rings (SSSR count). The molecule has 0 radical (unpaired) electrons. The Morgan fingerprint density at radius 2 is 1.86 bits per heavy atom. The number of anilines is 1. The first-order valence-electron chi connectivity index (χ1n) is 7.14. The van der Waals surface area contributed by atoms with Gasteiger partial charge in [0.1, 0.15) is 0 Å². The molecule has 1 heterocycles. The quantitative estimate of drug-likeness (QED) is 0.930. The minimum Gasteiger partial charge on any atom is -0.326 e. The number of hydrogen-bond acceptors (Lipinski definition) is 3. The van der Waals surface area contributed by atoms with Gasteiger partial charge in [0.05, 0.1) is 5.56 Å². The van der Waals surface area contributed by atoms with Gasteiger partial charge in [0.25, 0.3) is 0 Å². The summed E-state index contributed by atoms with van der Waals surface area (Å²) in [4.78, 5) is 15.2. The van der Waals surface area contributed by atoms with E-state index in [1.165, 1.54) is 19.1 Å². The van der Waals surface area contributed by atoms with Crippen LogP contribution >= 0.6 is 0 Å². The lowest BCUT2D eigenvalue weighted by molar-refractivity contribution is -0.138. The van der Waals surface area contributed by atoms with Crippen LogP contribution in [0.5, 0.6) is 0 Å². The summed E-state index contributed by atoms with van der Waals surface area (Å²) < 4.78 is 39.7. The third-order valence-electron chi connectivity index (χ3n) is 3.73. The number of piperazine rings is 1. The molecule has 1 saturated heterocycles. The van der Waals surface area contributed by atoms with Gasteiger partial charge in [-0.05, 0) is 24.7 Å². The second-order valence-electron chi connectivity index (χ2n) is 5.63. The number of nitrogens with zero attached hydrogens (tertiary/aromatic N) is 2. The highest BCUT2D eigenvalue weighted by molar-refractivity contribution is 5.88. The Balaban J connectivity index is 2.20. The number of carbonyl (C=O) groups excluding carboxylic acids is 1. The Hall–Kier alpha value is -1.60. The third kappa shape index (κ3) is 4.45. The molecule has 0 atom stereocenters. The largest absolute Gasteiger partial charge is 0.416 e. The molecular formula is C15H20F3N3O. The molecule has 1 aliphatic rings. The maximum atomic E-state index is 13.2. The van der Waals surface area contributed by atoms with Crippen LogP contribution in [0.3, 0.4) is 0 Å². The van der Waals surface area contributed by atoms with Crippen LogP contribution in [0.2, 0.25) is 0 Å². The fraction of sp³-hybridized carbons (Fsp3) is 0.533. The second kappa shape index (κ2) is 6.66. The molecule has 0 aromatic heterocycles. The third-order valence-corrected chi connectivity index (χ3v) is 3.73. The SMILES string of the molecule is CC(=O)Nc1ccc(CN2CCN(C)CC2)c(C(F)(F)F)c1. The summed E-state index contributed by atoms with van der Waals surface area (Å²) in [6.45, 7) is 4.74. The first-order valence-corrected chi connectivity index (χ1v) is 7.14. The molecule has 1 aromatic rings. The van der Waals surface area contributed by atoms with E-state index in [-0.39, 0.29) is 23.7 Å². The Morgan fingerprint density at radius 1 is 1.23 bits per heavy atom. The van der Waals surface area contributed by atoms with Crippen LogP contribution in [0.25, 0.3) is 0 Å². The second-order valence-corrected chi connectivity index (χ2v) is 5.63. The number of rotatable bonds is 3. The summed E-state index contributed by atoms with van der Waals surface area (Å²) in [6, 6.07) is 3.97. The van der Waals surface area contributed by atoms with Gasteiger partial charge in [0, 0.05) is 45.3 Å². The minimum absolute atomic E-state index is 0.168. The highest BCUT2D eigenvalue weighted by Crippen LogP contribution is 2.34. The van der Waals surface area contributed by atoms with Crippen LogP contribution in [0.15, 0.2) is 18.2 Å². The summed E-state index contributed by atoms with van der Waals surface area (Å²) >= 11 is 0. The van der Waals surface area contributed by atoms with Gasteiger partial charge in [-0.3, -0.25) is 9.69 Å². The average molecular weight is 315 g/mol. The molecule has 0 aliphatic carbocycles. The monoisotopic (exact) mass is 315 g/mol. The maximum Gasteiger partial charge on any atom is 0.416 e. The van der Waals surface area contributed by atoms with Gasteiger partial charge in [-0.2, -0.15) is 13.2 Å². The van der Waals surface area contributed by atoms with E-state index >= 15 is 0 Å². The summed E-state index contributed by atoms with van der Waals surface area (Å²) in [5, 5.41) is 2.39. The summed E-state index contributed by atoms with van der Waals surface area (Å²) in [7, 11) is 2.00. The average Bonchev–Trinajstić information content (AvgIpc) is 2.41. The van der Waals surface area contributed by atoms with Crippen molar-refractivity contribution in [1.29, 1.82) is 0 Å². The van der Waals surface area contributed by atoms with Crippen LogP contribution < -0.4 is 5.32 Å². The number of halogens is 3. The number of nitrogens with one attached hydrogen (secondary N) is 1. The first kappa shape index (κ1) is 16.8. The Bertz CT molecular complexity index is 537. The summed E-state index contributed by atoms with van der Waals surface area (Å²) in [6.07, 6.45) is -4.43. The standard InChI is InChI=1S/C15H20F3N3O/c1-11(22)19-13-4-3-12(14(9-13)15(16,17)18)10-21-7-5-20(2)6-8-21/h3-4,9H,5-8,10H2,1-2H3,(H,19,22). The van der Waals surface area contributed by atoms with Crippen molar-refractivity contribution in [2.75, 3.05) is 38.5 Å². The molecule has 1 aliphatic heterocycles. The van der Waals surface area contributed by atoms with Crippen LogP contribution in [-0.4, -0.2) is 48.9 Å². The van der Waals surface area contributed by atoms with Gasteiger partial charge in [0.15, 0.2) is 0 Å². The van der Waals surface area contributed by atoms with Gasteiger partial charge < -0.3 is 10.2 Å². The lowest BCUT2D eigenvalue weighted by atomic mass is 10.0. The van der Waals surface area contributed by atoms with Gasteiger partial charge in [0.2, 0.25) is 5.91 Å². The highest BCUT2D eigenvalue weighted by Gasteiger charge is 2.34. The smallest absolute Gasteiger partial charge is 0.326 e. The zero-order valence-electron chi connectivity index (χ0n) is 12.7. The van der Waals surface area contributed by atoms with E-state index in [4.69, 9.17) is 0 Å². The Kier molecular flexibility index (Phi) is 5.08. The fourth-order valence-electron chi connectivity index (χ4n) is 2.51. The van der Waals surface area contributed by atoms with E-state index in [0.717, 1.165) is 32.2 Å². The molecule has 0 unspecified atom stereocenters. The van der Waals surface area contributed by atoms with Crippen molar-refractivity contribution in [2.24, 2.45) is 0 Å². The lowest BCUT2D eigenvalue weighted by Crippen LogP contribution is -2.44. The molecular weight excluding hydrogens is 295 g/mol. The molecule has 0 saturated carbocycles. The zero-order valence-corrected chi connectivity index (χ0v) is 12.7. The summed E-state index contributed by atoms with van der Waals surface area (Å²) in [5.41, 5.74) is -0.272. The van der Waals surface area contributed by atoms with E-state index in [0.29, 0.717) is 0 Å². The van der Waals surface area contributed by atoms with E-state index in [1.807, 2.05) is 11.9 Å². The molecule has 7 heteroatoms.